The molecule has 0 saturated heterocycles. The number of rotatable bonds is 31. The molecular weight excluding hydrogens is 530 g/mol. The molecule has 0 heterocycles. The van der Waals surface area contributed by atoms with Gasteiger partial charge in [-0.3, -0.25) is 4.79 Å². The summed E-state index contributed by atoms with van der Waals surface area (Å²) >= 11 is 0. The van der Waals surface area contributed by atoms with Crippen LogP contribution in [0.15, 0.2) is 60.8 Å². The van der Waals surface area contributed by atoms with Gasteiger partial charge in [-0.05, 0) is 57.8 Å². The Bertz CT molecular complexity index is 737. The van der Waals surface area contributed by atoms with Crippen molar-refractivity contribution in [1.82, 2.24) is 5.32 Å². The number of carbonyl (C=O) groups is 1. The van der Waals surface area contributed by atoms with Crippen molar-refractivity contribution in [1.29, 1.82) is 0 Å². The van der Waals surface area contributed by atoms with Gasteiger partial charge < -0.3 is 15.5 Å². The molecule has 1 amide bonds. The molecule has 0 radical (unpaired) electrons. The molecule has 4 heteroatoms. The van der Waals surface area contributed by atoms with E-state index >= 15 is 0 Å². The lowest BCUT2D eigenvalue weighted by Gasteiger charge is -2.22. The summed E-state index contributed by atoms with van der Waals surface area (Å²) in [6.45, 7) is 4.20. The van der Waals surface area contributed by atoms with Gasteiger partial charge in [0.2, 0.25) is 5.91 Å². The molecule has 3 N–H and O–H groups in total. The fourth-order valence-corrected chi connectivity index (χ4v) is 5.03. The second kappa shape index (κ2) is 34.6. The summed E-state index contributed by atoms with van der Waals surface area (Å²) in [6, 6.07) is -0.547. The van der Waals surface area contributed by atoms with Gasteiger partial charge in [-0.15, -0.1) is 0 Å². The minimum atomic E-state index is -0.668. The van der Waals surface area contributed by atoms with Crippen LogP contribution in [-0.2, 0) is 4.79 Å². The van der Waals surface area contributed by atoms with Crippen LogP contribution in [-0.4, -0.2) is 34.9 Å². The normalized spacial score (nSPS) is 13.9. The highest BCUT2D eigenvalue weighted by Crippen LogP contribution is 2.13. The molecule has 2 atom stereocenters. The molecule has 0 aliphatic rings. The summed E-state index contributed by atoms with van der Waals surface area (Å²) in [4.78, 5) is 12.3. The molecule has 248 valence electrons. The Morgan fingerprint density at radius 1 is 0.581 bits per heavy atom. The topological polar surface area (TPSA) is 69.6 Å². The first-order chi connectivity index (χ1) is 21.2. The third kappa shape index (κ3) is 31.3. The molecule has 0 rings (SSSR count). The molecule has 43 heavy (non-hydrogen) atoms. The van der Waals surface area contributed by atoms with Gasteiger partial charge in [-0.1, -0.05) is 158 Å². The highest BCUT2D eigenvalue weighted by Gasteiger charge is 2.19. The molecule has 0 aliphatic carbocycles. The number of carbonyl (C=O) groups excluding carboxylic acids is 1. The maximum atomic E-state index is 12.3. The van der Waals surface area contributed by atoms with E-state index in [0.717, 1.165) is 70.6 Å². The summed E-state index contributed by atoms with van der Waals surface area (Å²) < 4.78 is 0. The predicted octanol–water partition coefficient (Wildman–Crippen LogP) is 10.6. The Morgan fingerprint density at radius 3 is 1.53 bits per heavy atom. The van der Waals surface area contributed by atoms with Crippen molar-refractivity contribution < 1.29 is 15.0 Å². The first kappa shape index (κ1) is 41.1. The predicted molar refractivity (Wildman–Crippen MR) is 188 cm³/mol. The van der Waals surface area contributed by atoms with E-state index in [-0.39, 0.29) is 12.5 Å². The minimum absolute atomic E-state index is 0.0556. The number of allylic oxidation sites excluding steroid dienone is 10. The van der Waals surface area contributed by atoms with Crippen molar-refractivity contribution in [3.05, 3.63) is 60.8 Å². The van der Waals surface area contributed by atoms with Crippen LogP contribution in [0, 0.1) is 0 Å². The fourth-order valence-electron chi connectivity index (χ4n) is 5.03. The smallest absolute Gasteiger partial charge is 0.220 e. The van der Waals surface area contributed by atoms with Crippen LogP contribution >= 0.6 is 0 Å². The second-order valence-corrected chi connectivity index (χ2v) is 11.9. The molecule has 0 fully saturated rings. The number of hydrogen-bond acceptors (Lipinski definition) is 3. The first-order valence-corrected chi connectivity index (χ1v) is 18.0. The number of amides is 1. The Kier molecular flexibility index (Phi) is 33.0. The fraction of sp³-hybridized carbons (Fsp3) is 0.718. The van der Waals surface area contributed by atoms with E-state index in [1.807, 2.05) is 0 Å². The summed E-state index contributed by atoms with van der Waals surface area (Å²) in [5.41, 5.74) is 0. The van der Waals surface area contributed by atoms with Crippen LogP contribution in [0.2, 0.25) is 0 Å². The number of unbranched alkanes of at least 4 members (excludes halogenated alkanes) is 14. The van der Waals surface area contributed by atoms with E-state index in [4.69, 9.17) is 0 Å². The Balaban J connectivity index is 3.66. The molecule has 0 saturated carbocycles. The zero-order valence-electron chi connectivity index (χ0n) is 28.2. The van der Waals surface area contributed by atoms with Crippen LogP contribution in [0.1, 0.15) is 162 Å². The van der Waals surface area contributed by atoms with Gasteiger partial charge >= 0.3 is 0 Å². The summed E-state index contributed by atoms with van der Waals surface area (Å²) in [5.74, 6) is -0.0556. The number of aliphatic hydroxyl groups is 2. The van der Waals surface area contributed by atoms with E-state index in [0.29, 0.717) is 12.8 Å². The molecule has 0 aromatic heterocycles. The van der Waals surface area contributed by atoms with E-state index in [9.17, 15) is 15.0 Å². The van der Waals surface area contributed by atoms with Crippen molar-refractivity contribution in [2.24, 2.45) is 0 Å². The van der Waals surface area contributed by atoms with Crippen molar-refractivity contribution in [3.8, 4) is 0 Å². The highest BCUT2D eigenvalue weighted by molar-refractivity contribution is 5.76. The monoisotopic (exact) mass is 600 g/mol. The molecule has 2 unspecified atom stereocenters. The van der Waals surface area contributed by atoms with Crippen LogP contribution in [0.3, 0.4) is 0 Å². The second-order valence-electron chi connectivity index (χ2n) is 11.9. The molecule has 0 aliphatic heterocycles. The van der Waals surface area contributed by atoms with Crippen LogP contribution < -0.4 is 5.32 Å². The first-order valence-electron chi connectivity index (χ1n) is 18.0. The zero-order valence-corrected chi connectivity index (χ0v) is 28.2. The Morgan fingerprint density at radius 2 is 1.02 bits per heavy atom. The van der Waals surface area contributed by atoms with Gasteiger partial charge in [0.05, 0.1) is 18.8 Å². The standard InChI is InChI=1S/C39H69NO3/c1-3-5-7-9-11-13-15-16-17-18-19-20-21-22-23-24-25-27-29-31-33-35-39(43)40-37(36-41)38(42)34-32-30-28-26-14-12-10-8-6-4-2/h5,7,11,13,16-17,19-20,22-23,37-38,41-42H,3-4,6,8-10,12,14-15,18,21,24-36H2,1-2H3,(H,40,43)/b7-5-,13-11-,17-16-,20-19-,23-22-. The Hall–Kier alpha value is -1.91. The molecule has 0 aromatic carbocycles. The number of hydrogen-bond donors (Lipinski definition) is 3. The van der Waals surface area contributed by atoms with Gasteiger partial charge in [0.1, 0.15) is 0 Å². The van der Waals surface area contributed by atoms with Crippen LogP contribution in [0.5, 0.6) is 0 Å². The third-order valence-electron chi connectivity index (χ3n) is 7.79. The zero-order chi connectivity index (χ0) is 31.5. The molecule has 0 bridgehead atoms. The summed E-state index contributed by atoms with van der Waals surface area (Å²) in [5, 5.41) is 23.0. The summed E-state index contributed by atoms with van der Waals surface area (Å²) in [6.07, 6.45) is 47.0. The van der Waals surface area contributed by atoms with Crippen LogP contribution in [0.4, 0.5) is 0 Å². The lowest BCUT2D eigenvalue weighted by molar-refractivity contribution is -0.123. The third-order valence-corrected chi connectivity index (χ3v) is 7.79. The maximum absolute atomic E-state index is 12.3. The van der Waals surface area contributed by atoms with E-state index < -0.39 is 12.1 Å². The number of aliphatic hydroxyl groups excluding tert-OH is 2. The van der Waals surface area contributed by atoms with E-state index in [1.54, 1.807) is 0 Å². The van der Waals surface area contributed by atoms with Gasteiger partial charge in [0.15, 0.2) is 0 Å². The van der Waals surface area contributed by atoms with Gasteiger partial charge in [-0.25, -0.2) is 0 Å². The van der Waals surface area contributed by atoms with Gasteiger partial charge in [0, 0.05) is 6.42 Å². The molecule has 0 spiro atoms. The van der Waals surface area contributed by atoms with Crippen molar-refractivity contribution in [2.75, 3.05) is 6.61 Å². The highest BCUT2D eigenvalue weighted by atomic mass is 16.3. The molecular formula is C39H69NO3. The lowest BCUT2D eigenvalue weighted by atomic mass is 10.0. The lowest BCUT2D eigenvalue weighted by Crippen LogP contribution is -2.45. The van der Waals surface area contributed by atoms with E-state index in [2.05, 4.69) is 79.9 Å². The van der Waals surface area contributed by atoms with Crippen molar-refractivity contribution in [3.63, 3.8) is 0 Å². The average molecular weight is 600 g/mol. The largest absolute Gasteiger partial charge is 0.394 e. The van der Waals surface area contributed by atoms with Gasteiger partial charge in [-0.2, -0.15) is 0 Å². The molecule has 4 nitrogen and oxygen atoms in total. The number of nitrogens with one attached hydrogen (secondary N) is 1. The maximum Gasteiger partial charge on any atom is 0.220 e. The summed E-state index contributed by atoms with van der Waals surface area (Å²) in [7, 11) is 0. The van der Waals surface area contributed by atoms with Crippen LogP contribution in [0.25, 0.3) is 0 Å². The van der Waals surface area contributed by atoms with Crippen molar-refractivity contribution >= 4 is 5.91 Å². The SMILES string of the molecule is CC/C=C\C/C=C\C/C=C\C/C=C\C/C=C\CCCCCCCC(=O)NC(CO)C(O)CCCCCCCCCCCC. The van der Waals surface area contributed by atoms with E-state index in [1.165, 1.54) is 64.2 Å². The Labute approximate surface area is 266 Å². The quantitative estimate of drug-likeness (QED) is 0.0548. The average Bonchev–Trinajstić information content (AvgIpc) is 3.01. The van der Waals surface area contributed by atoms with Crippen molar-refractivity contribution in [2.45, 2.75) is 174 Å². The molecule has 0 aromatic rings. The minimum Gasteiger partial charge on any atom is -0.394 e. The van der Waals surface area contributed by atoms with Gasteiger partial charge in [0.25, 0.3) is 0 Å².